The number of carbonyl (C=O) groups excluding carboxylic acids is 2. The summed E-state index contributed by atoms with van der Waals surface area (Å²) in [6.07, 6.45) is 2.59. The van der Waals surface area contributed by atoms with Crippen molar-refractivity contribution in [3.05, 3.63) is 0 Å². The highest BCUT2D eigenvalue weighted by Crippen LogP contribution is 2.03. The summed E-state index contributed by atoms with van der Waals surface area (Å²) in [5, 5.41) is 0. The molecule has 0 aromatic rings. The molecule has 0 aromatic heterocycles. The number of ether oxygens (including phenoxy) is 2. The molecule has 0 spiro atoms. The van der Waals surface area contributed by atoms with Gasteiger partial charge >= 0.3 is 5.97 Å². The van der Waals surface area contributed by atoms with Crippen molar-refractivity contribution in [1.29, 1.82) is 0 Å². The smallest absolute Gasteiger partial charge is 0.307 e. The van der Waals surface area contributed by atoms with Gasteiger partial charge in [-0.15, -0.1) is 0 Å². The minimum Gasteiger partial charge on any atom is -0.466 e. The standard InChI is InChI=1S/C15H29NO4/c1-5-8-14(17)16(10-7-12-20-13(3)4)11-9-15(18)19-6-2/h13H,5-12H2,1-4H3. The van der Waals surface area contributed by atoms with Gasteiger partial charge in [-0.3, -0.25) is 9.59 Å². The van der Waals surface area contributed by atoms with Crippen LogP contribution in [0, 0.1) is 0 Å². The summed E-state index contributed by atoms with van der Waals surface area (Å²) in [5.41, 5.74) is 0. The first-order chi connectivity index (χ1) is 9.51. The molecule has 0 aromatic carbocycles. The van der Waals surface area contributed by atoms with Gasteiger partial charge in [-0.2, -0.15) is 0 Å². The number of rotatable bonds is 11. The average Bonchev–Trinajstić information content (AvgIpc) is 2.38. The van der Waals surface area contributed by atoms with E-state index in [-0.39, 0.29) is 24.4 Å². The Hall–Kier alpha value is -1.10. The van der Waals surface area contributed by atoms with Gasteiger partial charge in [0.05, 0.1) is 19.1 Å². The Morgan fingerprint density at radius 2 is 1.80 bits per heavy atom. The molecule has 1 amide bonds. The molecule has 0 radical (unpaired) electrons. The Morgan fingerprint density at radius 1 is 1.10 bits per heavy atom. The Labute approximate surface area is 122 Å². The Bertz CT molecular complexity index is 279. The van der Waals surface area contributed by atoms with Gasteiger partial charge in [0.1, 0.15) is 0 Å². The molecule has 5 nitrogen and oxygen atoms in total. The maximum atomic E-state index is 12.0. The predicted octanol–water partition coefficient (Wildman–Crippen LogP) is 2.38. The number of nitrogens with zero attached hydrogens (tertiary/aromatic N) is 1. The molecule has 0 fully saturated rings. The molecule has 0 saturated heterocycles. The predicted molar refractivity (Wildman–Crippen MR) is 78.4 cm³/mol. The molecule has 0 saturated carbocycles. The van der Waals surface area contributed by atoms with Crippen molar-refractivity contribution in [3.8, 4) is 0 Å². The van der Waals surface area contributed by atoms with Crippen LogP contribution in [0.2, 0.25) is 0 Å². The zero-order valence-electron chi connectivity index (χ0n) is 13.3. The SMILES string of the molecule is CCCC(=O)N(CCCOC(C)C)CCC(=O)OCC. The first-order valence-corrected chi connectivity index (χ1v) is 7.56. The van der Waals surface area contributed by atoms with E-state index < -0.39 is 0 Å². The van der Waals surface area contributed by atoms with Crippen molar-refractivity contribution in [1.82, 2.24) is 4.90 Å². The molecule has 118 valence electrons. The first-order valence-electron chi connectivity index (χ1n) is 7.56. The van der Waals surface area contributed by atoms with Gasteiger partial charge in [0.2, 0.25) is 5.91 Å². The zero-order valence-corrected chi connectivity index (χ0v) is 13.3. The van der Waals surface area contributed by atoms with E-state index in [9.17, 15) is 9.59 Å². The van der Waals surface area contributed by atoms with Crippen LogP contribution in [-0.2, 0) is 19.1 Å². The molecule has 5 heteroatoms. The largest absolute Gasteiger partial charge is 0.466 e. The number of amides is 1. The van der Waals surface area contributed by atoms with Gasteiger partial charge in [-0.05, 0) is 33.6 Å². The lowest BCUT2D eigenvalue weighted by molar-refractivity contribution is -0.144. The molecule has 0 atom stereocenters. The van der Waals surface area contributed by atoms with E-state index in [2.05, 4.69) is 0 Å². The first kappa shape index (κ1) is 18.9. The lowest BCUT2D eigenvalue weighted by Gasteiger charge is -2.22. The van der Waals surface area contributed by atoms with Gasteiger partial charge < -0.3 is 14.4 Å². The van der Waals surface area contributed by atoms with Gasteiger partial charge in [-0.1, -0.05) is 6.92 Å². The molecular weight excluding hydrogens is 258 g/mol. The molecule has 0 aliphatic carbocycles. The summed E-state index contributed by atoms with van der Waals surface area (Å²) in [6, 6.07) is 0. The van der Waals surface area contributed by atoms with E-state index in [1.165, 1.54) is 0 Å². The normalized spacial score (nSPS) is 10.7. The van der Waals surface area contributed by atoms with Crippen LogP contribution in [0.3, 0.4) is 0 Å². The van der Waals surface area contributed by atoms with E-state index in [0.29, 0.717) is 32.7 Å². The van der Waals surface area contributed by atoms with Gasteiger partial charge in [0.25, 0.3) is 0 Å². The summed E-state index contributed by atoms with van der Waals surface area (Å²) in [5.74, 6) is -0.151. The van der Waals surface area contributed by atoms with Crippen molar-refractivity contribution < 1.29 is 19.1 Å². The highest BCUT2D eigenvalue weighted by Gasteiger charge is 2.14. The van der Waals surface area contributed by atoms with Crippen LogP contribution in [0.1, 0.15) is 53.4 Å². The van der Waals surface area contributed by atoms with Gasteiger partial charge in [-0.25, -0.2) is 0 Å². The molecule has 0 bridgehead atoms. The third-order valence-corrected chi connectivity index (χ3v) is 2.73. The van der Waals surface area contributed by atoms with Crippen LogP contribution in [0.4, 0.5) is 0 Å². The van der Waals surface area contributed by atoms with Gasteiger partial charge in [0.15, 0.2) is 0 Å². The Balaban J connectivity index is 4.13. The van der Waals surface area contributed by atoms with Crippen LogP contribution in [0.15, 0.2) is 0 Å². The molecule has 0 N–H and O–H groups in total. The summed E-state index contributed by atoms with van der Waals surface area (Å²) < 4.78 is 10.4. The summed E-state index contributed by atoms with van der Waals surface area (Å²) in [7, 11) is 0. The molecule has 0 rings (SSSR count). The van der Waals surface area contributed by atoms with E-state index >= 15 is 0 Å². The fraction of sp³-hybridized carbons (Fsp3) is 0.867. The maximum Gasteiger partial charge on any atom is 0.307 e. The quantitative estimate of drug-likeness (QED) is 0.432. The molecule has 0 heterocycles. The number of carbonyl (C=O) groups is 2. The molecule has 0 unspecified atom stereocenters. The molecule has 0 aliphatic heterocycles. The third kappa shape index (κ3) is 9.78. The third-order valence-electron chi connectivity index (χ3n) is 2.73. The van der Waals surface area contributed by atoms with Gasteiger partial charge in [0, 0.05) is 26.1 Å². The van der Waals surface area contributed by atoms with Crippen molar-refractivity contribution in [2.75, 3.05) is 26.3 Å². The van der Waals surface area contributed by atoms with E-state index in [1.54, 1.807) is 11.8 Å². The zero-order chi connectivity index (χ0) is 15.4. The second-order valence-corrected chi connectivity index (χ2v) is 4.96. The fourth-order valence-electron chi connectivity index (χ4n) is 1.77. The van der Waals surface area contributed by atoms with Crippen LogP contribution in [0.25, 0.3) is 0 Å². The van der Waals surface area contributed by atoms with E-state index in [1.807, 2.05) is 20.8 Å². The van der Waals surface area contributed by atoms with Crippen LogP contribution in [-0.4, -0.2) is 49.2 Å². The molecule has 0 aliphatic rings. The minimum absolute atomic E-state index is 0.0985. The Kier molecular flexibility index (Phi) is 11.1. The highest BCUT2D eigenvalue weighted by atomic mass is 16.5. The summed E-state index contributed by atoms with van der Waals surface area (Å²) in [6.45, 7) is 9.80. The van der Waals surface area contributed by atoms with Crippen molar-refractivity contribution in [2.45, 2.75) is 59.5 Å². The average molecular weight is 287 g/mol. The van der Waals surface area contributed by atoms with E-state index in [0.717, 1.165) is 12.8 Å². The summed E-state index contributed by atoms with van der Waals surface area (Å²) in [4.78, 5) is 25.1. The van der Waals surface area contributed by atoms with Crippen molar-refractivity contribution in [2.24, 2.45) is 0 Å². The fourth-order valence-corrected chi connectivity index (χ4v) is 1.77. The number of hydrogen-bond acceptors (Lipinski definition) is 4. The number of hydrogen-bond donors (Lipinski definition) is 0. The van der Waals surface area contributed by atoms with Crippen molar-refractivity contribution in [3.63, 3.8) is 0 Å². The molecule has 20 heavy (non-hydrogen) atoms. The second kappa shape index (κ2) is 11.7. The summed E-state index contributed by atoms with van der Waals surface area (Å²) >= 11 is 0. The molecular formula is C15H29NO4. The minimum atomic E-state index is -0.250. The Morgan fingerprint density at radius 3 is 2.35 bits per heavy atom. The van der Waals surface area contributed by atoms with Crippen LogP contribution < -0.4 is 0 Å². The second-order valence-electron chi connectivity index (χ2n) is 4.96. The lowest BCUT2D eigenvalue weighted by Crippen LogP contribution is -2.34. The monoisotopic (exact) mass is 287 g/mol. The van der Waals surface area contributed by atoms with Crippen molar-refractivity contribution >= 4 is 11.9 Å². The topological polar surface area (TPSA) is 55.8 Å². The number of esters is 1. The maximum absolute atomic E-state index is 12.0. The lowest BCUT2D eigenvalue weighted by atomic mass is 10.2. The highest BCUT2D eigenvalue weighted by molar-refractivity contribution is 5.77. The van der Waals surface area contributed by atoms with E-state index in [4.69, 9.17) is 9.47 Å². The van der Waals surface area contributed by atoms with Crippen LogP contribution in [0.5, 0.6) is 0 Å². The van der Waals surface area contributed by atoms with Crippen LogP contribution >= 0.6 is 0 Å².